The average Bonchev–Trinajstić information content (AvgIpc) is 3.17. The van der Waals surface area contributed by atoms with E-state index in [1.165, 1.54) is 11.3 Å². The van der Waals surface area contributed by atoms with E-state index in [0.29, 0.717) is 11.1 Å². The number of thiophene rings is 1. The van der Waals surface area contributed by atoms with E-state index in [2.05, 4.69) is 15.5 Å². The first-order chi connectivity index (χ1) is 10.6. The molecule has 0 bridgehead atoms. The molecule has 5 nitrogen and oxygen atoms in total. The van der Waals surface area contributed by atoms with Gasteiger partial charge in [0, 0.05) is 17.8 Å². The van der Waals surface area contributed by atoms with E-state index < -0.39 is 0 Å². The highest BCUT2D eigenvalue weighted by Crippen LogP contribution is 2.16. The van der Waals surface area contributed by atoms with Crippen LogP contribution in [0.5, 0.6) is 0 Å². The van der Waals surface area contributed by atoms with Crippen molar-refractivity contribution in [3.05, 3.63) is 52.3 Å². The van der Waals surface area contributed by atoms with Crippen LogP contribution in [-0.4, -0.2) is 27.9 Å². The molecular formula is C16H15N3O2S. The largest absolute Gasteiger partial charge is 0.349 e. The van der Waals surface area contributed by atoms with E-state index >= 15 is 0 Å². The van der Waals surface area contributed by atoms with Gasteiger partial charge in [-0.05, 0) is 24.4 Å². The molecule has 0 aliphatic heterocycles. The van der Waals surface area contributed by atoms with Crippen LogP contribution < -0.4 is 5.32 Å². The molecular weight excluding hydrogens is 298 g/mol. The molecule has 0 aliphatic rings. The van der Waals surface area contributed by atoms with Crippen LogP contribution in [0.2, 0.25) is 0 Å². The van der Waals surface area contributed by atoms with Gasteiger partial charge in [-0.1, -0.05) is 18.2 Å². The summed E-state index contributed by atoms with van der Waals surface area (Å²) in [4.78, 5) is 25.1. The van der Waals surface area contributed by atoms with Crippen molar-refractivity contribution in [2.45, 2.75) is 19.4 Å². The Morgan fingerprint density at radius 1 is 1.32 bits per heavy atom. The summed E-state index contributed by atoms with van der Waals surface area (Å²) in [6.45, 7) is 1.83. The van der Waals surface area contributed by atoms with E-state index in [-0.39, 0.29) is 24.2 Å². The van der Waals surface area contributed by atoms with Crippen molar-refractivity contribution in [3.63, 3.8) is 0 Å². The maximum atomic E-state index is 12.4. The lowest BCUT2D eigenvalue weighted by Crippen LogP contribution is -2.34. The second kappa shape index (κ2) is 6.11. The zero-order valence-electron chi connectivity index (χ0n) is 12.0. The quantitative estimate of drug-likeness (QED) is 0.711. The summed E-state index contributed by atoms with van der Waals surface area (Å²) in [7, 11) is 0. The third kappa shape index (κ3) is 2.92. The molecule has 22 heavy (non-hydrogen) atoms. The van der Waals surface area contributed by atoms with Crippen LogP contribution in [0.25, 0.3) is 10.9 Å². The molecule has 2 aromatic heterocycles. The minimum Gasteiger partial charge on any atom is -0.349 e. The summed E-state index contributed by atoms with van der Waals surface area (Å²) in [6, 6.07) is 8.85. The summed E-state index contributed by atoms with van der Waals surface area (Å²) in [5, 5.41) is 12.4. The van der Waals surface area contributed by atoms with Crippen molar-refractivity contribution in [2.24, 2.45) is 0 Å². The number of H-pyrrole nitrogens is 1. The summed E-state index contributed by atoms with van der Waals surface area (Å²) in [6.07, 6.45) is 1.96. The molecule has 0 saturated heterocycles. The number of aromatic amines is 1. The Labute approximate surface area is 131 Å². The average molecular weight is 313 g/mol. The zero-order chi connectivity index (χ0) is 15.5. The summed E-state index contributed by atoms with van der Waals surface area (Å²) < 4.78 is 0. The predicted octanol–water partition coefficient (Wildman–Crippen LogP) is 3.02. The highest BCUT2D eigenvalue weighted by Gasteiger charge is 2.17. The Morgan fingerprint density at radius 2 is 2.18 bits per heavy atom. The number of hydrogen-bond donors (Lipinski definition) is 2. The molecule has 112 valence electrons. The van der Waals surface area contributed by atoms with Gasteiger partial charge in [0.2, 0.25) is 0 Å². The van der Waals surface area contributed by atoms with Crippen molar-refractivity contribution in [1.29, 1.82) is 0 Å². The number of carbonyl (C=O) groups excluding carboxylic acids is 2. The second-order valence-corrected chi connectivity index (χ2v) is 6.07. The lowest BCUT2D eigenvalue weighted by Gasteiger charge is -2.13. The van der Waals surface area contributed by atoms with E-state index in [1.54, 1.807) is 18.3 Å². The number of Topliss-reactive ketones (excluding diaryl/α,β-unsaturated/α-hetero) is 1. The monoisotopic (exact) mass is 313 g/mol. The molecule has 0 radical (unpaired) electrons. The van der Waals surface area contributed by atoms with Gasteiger partial charge >= 0.3 is 0 Å². The Kier molecular flexibility index (Phi) is 4.02. The first kappa shape index (κ1) is 14.5. The van der Waals surface area contributed by atoms with Gasteiger partial charge in [-0.25, -0.2) is 0 Å². The van der Waals surface area contributed by atoms with Crippen LogP contribution in [0.3, 0.4) is 0 Å². The smallest absolute Gasteiger partial charge is 0.253 e. The molecule has 6 heteroatoms. The van der Waals surface area contributed by atoms with Crippen LogP contribution in [0.1, 0.15) is 33.4 Å². The lowest BCUT2D eigenvalue weighted by molar-refractivity contribution is 0.0920. The van der Waals surface area contributed by atoms with Gasteiger partial charge in [0.25, 0.3) is 5.91 Å². The number of para-hydroxylation sites is 1. The van der Waals surface area contributed by atoms with Gasteiger partial charge in [0.05, 0.1) is 22.2 Å². The van der Waals surface area contributed by atoms with Crippen LogP contribution >= 0.6 is 11.3 Å². The van der Waals surface area contributed by atoms with E-state index in [4.69, 9.17) is 0 Å². The second-order valence-electron chi connectivity index (χ2n) is 5.12. The number of nitrogens with zero attached hydrogens (tertiary/aromatic N) is 1. The molecule has 3 aromatic rings. The number of nitrogens with one attached hydrogen (secondary N) is 2. The standard InChI is InChI=1S/C16H15N3O2S/c1-10(8-13(20)14-6-3-7-22-14)18-16(21)12-5-2-4-11-9-17-19-15(11)12/h2-7,9-10H,8H2,1H3,(H,17,19)(H,18,21). The Hall–Kier alpha value is -2.47. The Morgan fingerprint density at radius 3 is 2.95 bits per heavy atom. The van der Waals surface area contributed by atoms with Crippen molar-refractivity contribution in [2.75, 3.05) is 0 Å². The van der Waals surface area contributed by atoms with Crippen molar-refractivity contribution in [3.8, 4) is 0 Å². The molecule has 2 heterocycles. The number of aromatic nitrogens is 2. The molecule has 0 fully saturated rings. The third-order valence-corrected chi connectivity index (χ3v) is 4.30. The fourth-order valence-electron chi connectivity index (χ4n) is 2.33. The fraction of sp³-hybridized carbons (Fsp3) is 0.188. The van der Waals surface area contributed by atoms with Gasteiger partial charge in [0.1, 0.15) is 0 Å². The van der Waals surface area contributed by atoms with E-state index in [1.807, 2.05) is 30.5 Å². The van der Waals surface area contributed by atoms with Crippen LogP contribution in [-0.2, 0) is 0 Å². The topological polar surface area (TPSA) is 74.8 Å². The number of hydrogen-bond acceptors (Lipinski definition) is 4. The Bertz CT molecular complexity index is 808. The Balaban J connectivity index is 1.69. The van der Waals surface area contributed by atoms with E-state index in [9.17, 15) is 9.59 Å². The van der Waals surface area contributed by atoms with Crippen molar-refractivity contribution >= 4 is 33.9 Å². The number of ketones is 1. The summed E-state index contributed by atoms with van der Waals surface area (Å²) in [5.41, 5.74) is 1.24. The molecule has 1 amide bonds. The normalized spacial score (nSPS) is 12.2. The molecule has 0 saturated carbocycles. The number of rotatable bonds is 5. The molecule has 0 spiro atoms. The van der Waals surface area contributed by atoms with E-state index in [0.717, 1.165) is 10.3 Å². The minimum atomic E-state index is -0.236. The van der Waals surface area contributed by atoms with Crippen LogP contribution in [0.15, 0.2) is 41.9 Å². The van der Waals surface area contributed by atoms with Gasteiger partial charge in [-0.3, -0.25) is 14.7 Å². The first-order valence-corrected chi connectivity index (χ1v) is 7.83. The molecule has 0 aliphatic carbocycles. The molecule has 1 unspecified atom stereocenters. The van der Waals surface area contributed by atoms with Crippen molar-refractivity contribution in [1.82, 2.24) is 15.5 Å². The van der Waals surface area contributed by atoms with Crippen LogP contribution in [0, 0.1) is 0 Å². The summed E-state index contributed by atoms with van der Waals surface area (Å²) >= 11 is 1.42. The zero-order valence-corrected chi connectivity index (χ0v) is 12.8. The van der Waals surface area contributed by atoms with Gasteiger partial charge in [0.15, 0.2) is 5.78 Å². The van der Waals surface area contributed by atoms with Gasteiger partial charge < -0.3 is 5.32 Å². The highest BCUT2D eigenvalue weighted by molar-refractivity contribution is 7.12. The number of fused-ring (bicyclic) bond motifs is 1. The lowest BCUT2D eigenvalue weighted by atomic mass is 10.1. The summed E-state index contributed by atoms with van der Waals surface area (Å²) in [5.74, 6) is -0.163. The maximum Gasteiger partial charge on any atom is 0.253 e. The third-order valence-electron chi connectivity index (χ3n) is 3.39. The highest BCUT2D eigenvalue weighted by atomic mass is 32.1. The van der Waals surface area contributed by atoms with Gasteiger partial charge in [-0.15, -0.1) is 11.3 Å². The molecule has 3 rings (SSSR count). The molecule has 1 aromatic carbocycles. The van der Waals surface area contributed by atoms with Crippen LogP contribution in [0.4, 0.5) is 0 Å². The first-order valence-electron chi connectivity index (χ1n) is 6.95. The fourth-order valence-corrected chi connectivity index (χ4v) is 3.00. The molecule has 2 N–H and O–H groups in total. The predicted molar refractivity (Wildman–Crippen MR) is 86.3 cm³/mol. The maximum absolute atomic E-state index is 12.4. The number of benzene rings is 1. The van der Waals surface area contributed by atoms with Crippen molar-refractivity contribution < 1.29 is 9.59 Å². The number of carbonyl (C=O) groups is 2. The molecule has 1 atom stereocenters. The van der Waals surface area contributed by atoms with Gasteiger partial charge in [-0.2, -0.15) is 5.10 Å². The number of amides is 1. The minimum absolute atomic E-state index is 0.0440. The SMILES string of the molecule is CC(CC(=O)c1cccs1)NC(=O)c1cccc2cn[nH]c12.